The molecule has 4 nitrogen and oxygen atoms in total. The van der Waals surface area contributed by atoms with Crippen molar-refractivity contribution in [1.82, 2.24) is 0 Å². The van der Waals surface area contributed by atoms with Gasteiger partial charge in [-0.05, 0) is 0 Å². The zero-order valence-corrected chi connectivity index (χ0v) is 14.6. The maximum Gasteiger partial charge on any atom is 0.464 e. The average Bonchev–Trinajstić information content (AvgIpc) is 2.31. The first kappa shape index (κ1) is 27.5. The van der Waals surface area contributed by atoms with Gasteiger partial charge >= 0.3 is 49.8 Å². The van der Waals surface area contributed by atoms with Gasteiger partial charge < -0.3 is 0 Å². The largest absolute Gasteiger partial charge is 0.464 e. The van der Waals surface area contributed by atoms with Crippen LogP contribution in [0.4, 0.5) is 65.4 Å². The van der Waals surface area contributed by atoms with Gasteiger partial charge in [0.05, 0.1) is 0 Å². The van der Waals surface area contributed by atoms with E-state index in [9.17, 15) is 73.8 Å². The van der Waals surface area contributed by atoms with Gasteiger partial charge in [-0.15, -0.1) is 0 Å². The lowest BCUT2D eigenvalue weighted by Crippen LogP contribution is -2.65. The Morgan fingerprint density at radius 3 is 1.21 bits per heavy atom. The Balaban J connectivity index is 6.45. The molecule has 0 saturated heterocycles. The first-order chi connectivity index (χ1) is 11.7. The van der Waals surface area contributed by atoms with Crippen molar-refractivity contribution in [3.8, 4) is 0 Å². The van der Waals surface area contributed by atoms with Crippen LogP contribution >= 0.6 is 22.6 Å². The Morgan fingerprint density at radius 2 is 0.964 bits per heavy atom. The minimum Gasteiger partial charge on any atom is -0.262 e. The van der Waals surface area contributed by atoms with Crippen LogP contribution in [-0.2, 0) is 19.7 Å². The fourth-order valence-electron chi connectivity index (χ4n) is 0.945. The summed E-state index contributed by atoms with van der Waals surface area (Å²) in [6.07, 6.45) is -29.8. The fraction of sp³-hybridized carbons (Fsp3) is 1.00. The van der Waals surface area contributed by atoms with Gasteiger partial charge in [0.2, 0.25) is 0 Å². The number of ether oxygens (including phenoxy) is 2. The lowest BCUT2D eigenvalue weighted by Gasteiger charge is -2.38. The Hall–Kier alpha value is -0.450. The molecule has 0 spiro atoms. The van der Waals surface area contributed by atoms with E-state index in [4.69, 9.17) is 0 Å². The maximum atomic E-state index is 13.5. The van der Waals surface area contributed by atoms with Crippen molar-refractivity contribution in [3.05, 3.63) is 0 Å². The second kappa shape index (κ2) is 7.06. The molecule has 0 fully saturated rings. The van der Waals surface area contributed by atoms with Gasteiger partial charge in [-0.25, -0.2) is 4.74 Å². The minimum atomic E-state index is -7.98. The van der Waals surface area contributed by atoms with Crippen LogP contribution in [0.5, 0.6) is 0 Å². The molecule has 1 unspecified atom stereocenters. The molecule has 0 N–H and O–H groups in total. The van der Waals surface area contributed by atoms with Crippen LogP contribution in [0, 0.1) is 0 Å². The zero-order valence-electron chi connectivity index (χ0n) is 11.6. The molecule has 0 rings (SSSR count). The van der Waals surface area contributed by atoms with Crippen molar-refractivity contribution in [1.29, 1.82) is 0 Å². The molecule has 0 aromatic heterocycles. The van der Waals surface area contributed by atoms with E-state index in [-0.39, 0.29) is 0 Å². The summed E-state index contributed by atoms with van der Waals surface area (Å²) in [4.78, 5) is 0. The highest BCUT2D eigenvalue weighted by Gasteiger charge is 2.83. The van der Waals surface area contributed by atoms with Crippen LogP contribution in [0.25, 0.3) is 0 Å². The number of hydrogen-bond acceptors (Lipinski definition) is 4. The quantitative estimate of drug-likeness (QED) is 0.174. The minimum absolute atomic E-state index is 0.723. The third kappa shape index (κ3) is 4.82. The molecule has 0 aliphatic rings. The Kier molecular flexibility index (Phi) is 6.95. The van der Waals surface area contributed by atoms with Crippen LogP contribution in [0.3, 0.4) is 0 Å². The smallest absolute Gasteiger partial charge is 0.262 e. The topological polar surface area (TPSA) is 52.6 Å². The highest BCUT2D eigenvalue weighted by molar-refractivity contribution is 14.1. The molecule has 1 atom stereocenters. The highest BCUT2D eigenvalue weighted by atomic mass is 127. The van der Waals surface area contributed by atoms with Crippen molar-refractivity contribution >= 4 is 32.8 Å². The first-order valence-corrected chi connectivity index (χ1v) is 7.81. The van der Waals surface area contributed by atoms with E-state index in [0.29, 0.717) is 0 Å². The summed E-state index contributed by atoms with van der Waals surface area (Å²) in [6.45, 7) is 0. The highest BCUT2D eigenvalue weighted by Crippen LogP contribution is 2.55. The predicted octanol–water partition coefficient (Wildman–Crippen LogP) is 4.95. The molecule has 0 saturated carbocycles. The number of halogens is 16. The molecule has 21 heteroatoms. The average molecular weight is 592 g/mol. The summed E-state index contributed by atoms with van der Waals surface area (Å²) in [5.41, 5.74) is 0. The molecular weight excluding hydrogens is 592 g/mol. The number of alkyl halides is 15. The van der Waals surface area contributed by atoms with E-state index in [1.165, 1.54) is 4.74 Å². The summed E-state index contributed by atoms with van der Waals surface area (Å²) in [7, 11) is -7.98. The van der Waals surface area contributed by atoms with Gasteiger partial charge in [-0.3, -0.25) is 4.74 Å². The molecule has 0 bridgehead atoms. The third-order valence-corrected chi connectivity index (χ3v) is 3.72. The number of rotatable bonds is 8. The van der Waals surface area contributed by atoms with Crippen molar-refractivity contribution < 1.29 is 83.2 Å². The molecule has 0 aromatic rings. The lowest BCUT2D eigenvalue weighted by atomic mass is 10.2. The number of hydrogen-bond donors (Lipinski definition) is 0. The van der Waals surface area contributed by atoms with Crippen LogP contribution in [0.15, 0.2) is 0 Å². The van der Waals surface area contributed by atoms with Crippen LogP contribution in [-0.4, -0.2) is 48.0 Å². The van der Waals surface area contributed by atoms with Gasteiger partial charge in [0.15, 0.2) is 0 Å². The van der Waals surface area contributed by atoms with Gasteiger partial charge in [0.1, 0.15) is 0 Å². The van der Waals surface area contributed by atoms with E-state index in [0.717, 1.165) is 0 Å². The van der Waals surface area contributed by atoms with E-state index in [1.54, 1.807) is 4.74 Å². The van der Waals surface area contributed by atoms with E-state index >= 15 is 0 Å². The summed E-state index contributed by atoms with van der Waals surface area (Å²) in [5.74, 6) is -7.82. The van der Waals surface area contributed by atoms with Crippen LogP contribution in [0.2, 0.25) is 0 Å². The monoisotopic (exact) mass is 592 g/mol. The van der Waals surface area contributed by atoms with Crippen molar-refractivity contribution in [2.24, 2.45) is 0 Å². The zero-order chi connectivity index (χ0) is 23.4. The molecule has 0 amide bonds. The Labute approximate surface area is 156 Å². The van der Waals surface area contributed by atoms with Crippen molar-refractivity contribution in [2.75, 3.05) is 0 Å². The standard InChI is InChI=1S/C7F15IO4S/c8-1(2(9,10)11,4(14,15)27-5(16,17)3(12,13)23)26-6(18,19)7(20,21)28(22,24)25. The molecule has 0 aliphatic carbocycles. The second-order valence-corrected chi connectivity index (χ2v) is 7.04. The van der Waals surface area contributed by atoms with E-state index in [2.05, 4.69) is 0 Å². The molecule has 0 aromatic carbocycles. The summed E-state index contributed by atoms with van der Waals surface area (Å²) >= 11 is -0.723. The first-order valence-electron chi connectivity index (χ1n) is 5.34. The fourth-order valence-corrected chi connectivity index (χ4v) is 1.38. The SMILES string of the molecule is O=S(=O)(F)C(F)(F)C(F)(F)OC(F)(C(F)(F)F)C(F)(F)OC(F)(F)C(F)(F)I. The van der Waals surface area contributed by atoms with Crippen molar-refractivity contribution in [2.45, 2.75) is 39.5 Å². The van der Waals surface area contributed by atoms with Gasteiger partial charge in [-0.1, -0.05) is 3.89 Å². The summed E-state index contributed by atoms with van der Waals surface area (Å²) in [5, 5.41) is -7.48. The molecule has 28 heavy (non-hydrogen) atoms. The van der Waals surface area contributed by atoms with Gasteiger partial charge in [0.25, 0.3) is 0 Å². The normalized spacial score (nSPS) is 18.1. The Morgan fingerprint density at radius 1 is 0.607 bits per heavy atom. The molecular formula is C7F15IO4S. The third-order valence-electron chi connectivity index (χ3n) is 2.24. The second-order valence-electron chi connectivity index (χ2n) is 4.30. The predicted molar refractivity (Wildman–Crippen MR) is 60.8 cm³/mol. The van der Waals surface area contributed by atoms with Crippen LogP contribution in [0.1, 0.15) is 0 Å². The van der Waals surface area contributed by atoms with Crippen molar-refractivity contribution in [3.63, 3.8) is 0 Å². The molecule has 0 heterocycles. The molecule has 0 radical (unpaired) electrons. The van der Waals surface area contributed by atoms with Gasteiger partial charge in [-0.2, -0.15) is 69.9 Å². The van der Waals surface area contributed by atoms with Crippen LogP contribution < -0.4 is 0 Å². The van der Waals surface area contributed by atoms with Gasteiger partial charge in [0, 0.05) is 22.6 Å². The molecule has 0 aliphatic heterocycles. The maximum absolute atomic E-state index is 13.5. The summed E-state index contributed by atoms with van der Waals surface area (Å²) in [6, 6.07) is 0. The summed E-state index contributed by atoms with van der Waals surface area (Å²) < 4.78 is 207. The Bertz CT molecular complexity index is 681. The molecule has 170 valence electrons. The van der Waals surface area contributed by atoms with E-state index < -0.39 is 72.4 Å². The lowest BCUT2D eigenvalue weighted by molar-refractivity contribution is -0.541. The van der Waals surface area contributed by atoms with E-state index in [1.807, 2.05) is 0 Å².